The number of aromatic amines is 1. The van der Waals surface area contributed by atoms with Gasteiger partial charge in [-0.3, -0.25) is 9.78 Å². The van der Waals surface area contributed by atoms with Gasteiger partial charge >= 0.3 is 0 Å². The number of aliphatic hydroxyl groups excluding tert-OH is 2. The molecule has 0 bridgehead atoms. The molecule has 0 saturated carbocycles. The van der Waals surface area contributed by atoms with E-state index in [0.29, 0.717) is 0 Å². The van der Waals surface area contributed by atoms with Crippen LogP contribution in [0.4, 0.5) is 0 Å². The van der Waals surface area contributed by atoms with Gasteiger partial charge in [0.2, 0.25) is 0 Å². The Kier molecular flexibility index (Phi) is 3.88. The number of aromatic nitrogens is 2. The molecule has 1 fully saturated rings. The molecule has 7 nitrogen and oxygen atoms in total. The summed E-state index contributed by atoms with van der Waals surface area (Å²) >= 11 is 4.99. The molecule has 0 unspecified atom stereocenters. The Morgan fingerprint density at radius 1 is 1.63 bits per heavy atom. The molecule has 2 rings (SSSR count). The van der Waals surface area contributed by atoms with Crippen LogP contribution in [0.5, 0.6) is 0 Å². The third kappa shape index (κ3) is 2.63. The fraction of sp³-hybridized carbons (Fsp3) is 0.636. The molecule has 0 aliphatic carbocycles. The second kappa shape index (κ2) is 5.14. The van der Waals surface area contributed by atoms with Crippen LogP contribution in [0.3, 0.4) is 0 Å². The lowest BCUT2D eigenvalue weighted by atomic mass is 9.93. The molecule has 19 heavy (non-hydrogen) atoms. The van der Waals surface area contributed by atoms with Crippen LogP contribution >= 0.6 is 12.2 Å². The Labute approximate surface area is 114 Å². The van der Waals surface area contributed by atoms with E-state index in [4.69, 9.17) is 22.1 Å². The van der Waals surface area contributed by atoms with E-state index >= 15 is 0 Å². The predicted octanol–water partition coefficient (Wildman–Crippen LogP) is -1.22. The number of hydrogen-bond donors (Lipinski definition) is 4. The van der Waals surface area contributed by atoms with Gasteiger partial charge < -0.3 is 24.6 Å². The van der Waals surface area contributed by atoms with Crippen molar-refractivity contribution in [2.75, 3.05) is 6.61 Å². The number of hydrogen-bond acceptors (Lipinski definition) is 6. The molecule has 4 N–H and O–H groups in total. The molecular formula is C11H16N2O5S. The zero-order valence-corrected chi connectivity index (χ0v) is 11.1. The van der Waals surface area contributed by atoms with Gasteiger partial charge in [0.1, 0.15) is 23.9 Å². The van der Waals surface area contributed by atoms with E-state index in [9.17, 15) is 15.0 Å². The van der Waals surface area contributed by atoms with Crippen molar-refractivity contribution in [2.24, 2.45) is 0 Å². The molecule has 0 aromatic carbocycles. The zero-order valence-electron chi connectivity index (χ0n) is 10.3. The van der Waals surface area contributed by atoms with Crippen LogP contribution in [0.25, 0.3) is 0 Å². The Hall–Kier alpha value is -1.06. The first-order valence-corrected chi connectivity index (χ1v) is 6.23. The van der Waals surface area contributed by atoms with Crippen molar-refractivity contribution in [3.8, 4) is 0 Å². The van der Waals surface area contributed by atoms with Gasteiger partial charge in [-0.15, -0.1) is 0 Å². The lowest BCUT2D eigenvalue weighted by molar-refractivity contribution is -0.0683. The summed E-state index contributed by atoms with van der Waals surface area (Å²) in [5.41, 5.74) is -1.81. The number of aliphatic hydroxyl groups is 3. The maximum Gasteiger partial charge on any atom is 0.251 e. The largest absolute Gasteiger partial charge is 0.394 e. The Bertz CT molecular complexity index is 567. The van der Waals surface area contributed by atoms with Gasteiger partial charge in [0.15, 0.2) is 4.77 Å². The highest BCUT2D eigenvalue weighted by Crippen LogP contribution is 2.31. The van der Waals surface area contributed by atoms with E-state index < -0.39 is 23.9 Å². The summed E-state index contributed by atoms with van der Waals surface area (Å²) in [6, 6.07) is 1.30. The summed E-state index contributed by atoms with van der Waals surface area (Å²) in [6.07, 6.45) is -1.27. The number of rotatable bonds is 3. The molecule has 1 aromatic rings. The van der Waals surface area contributed by atoms with Crippen molar-refractivity contribution in [1.82, 2.24) is 9.55 Å². The highest BCUT2D eigenvalue weighted by Gasteiger charge is 2.51. The first kappa shape index (κ1) is 14.4. The highest BCUT2D eigenvalue weighted by atomic mass is 32.1. The van der Waals surface area contributed by atoms with Gasteiger partial charge in [-0.05, 0) is 19.1 Å². The number of ether oxygens (including phenoxy) is 1. The van der Waals surface area contributed by atoms with Crippen molar-refractivity contribution < 1.29 is 20.1 Å². The number of nitrogens with zero attached hydrogens (tertiary/aromatic N) is 1. The number of H-pyrrole nitrogens is 1. The Morgan fingerprint density at radius 2 is 2.32 bits per heavy atom. The standard InChI is InChI=1S/C11H16N2O5S/c1-11(17)7(18-6(5-14)9(11)16)4-13-3-2-8(15)12-10(13)19/h2-3,6-7,9,14,16-17H,4-5H2,1H3,(H,12,15,19)/t6-,7+,9-,11+/m1/s1. The van der Waals surface area contributed by atoms with E-state index in [2.05, 4.69) is 4.98 Å². The second-order valence-electron chi connectivity index (χ2n) is 4.78. The van der Waals surface area contributed by atoms with Gasteiger partial charge in [-0.1, -0.05) is 0 Å². The van der Waals surface area contributed by atoms with E-state index in [1.54, 1.807) is 0 Å². The van der Waals surface area contributed by atoms with Crippen molar-refractivity contribution in [3.05, 3.63) is 27.4 Å². The number of nitrogens with one attached hydrogen (secondary N) is 1. The molecule has 8 heteroatoms. The molecule has 1 aliphatic heterocycles. The minimum atomic E-state index is -1.50. The van der Waals surface area contributed by atoms with Crippen molar-refractivity contribution >= 4 is 12.2 Å². The summed E-state index contributed by atoms with van der Waals surface area (Å²) in [4.78, 5) is 13.5. The van der Waals surface area contributed by atoms with Crippen LogP contribution in [-0.4, -0.2) is 55.4 Å². The van der Waals surface area contributed by atoms with Crippen LogP contribution in [0.1, 0.15) is 6.92 Å². The minimum Gasteiger partial charge on any atom is -0.394 e. The molecule has 1 saturated heterocycles. The third-order valence-electron chi connectivity index (χ3n) is 3.38. The van der Waals surface area contributed by atoms with E-state index in [1.165, 1.54) is 23.8 Å². The fourth-order valence-electron chi connectivity index (χ4n) is 2.13. The summed E-state index contributed by atoms with van der Waals surface area (Å²) in [5.74, 6) is 0. The van der Waals surface area contributed by atoms with Crippen LogP contribution in [0.2, 0.25) is 0 Å². The Balaban J connectivity index is 2.24. The molecule has 4 atom stereocenters. The average molecular weight is 288 g/mol. The van der Waals surface area contributed by atoms with Crippen molar-refractivity contribution in [2.45, 2.75) is 37.4 Å². The summed E-state index contributed by atoms with van der Waals surface area (Å²) in [5, 5.41) is 29.1. The van der Waals surface area contributed by atoms with Crippen LogP contribution in [0, 0.1) is 4.77 Å². The maximum atomic E-state index is 11.1. The van der Waals surface area contributed by atoms with Crippen LogP contribution in [-0.2, 0) is 11.3 Å². The molecule has 0 amide bonds. The van der Waals surface area contributed by atoms with Crippen molar-refractivity contribution in [3.63, 3.8) is 0 Å². The summed E-state index contributed by atoms with van der Waals surface area (Å²) < 4.78 is 7.15. The second-order valence-corrected chi connectivity index (χ2v) is 5.17. The molecule has 106 valence electrons. The molecule has 0 spiro atoms. The average Bonchev–Trinajstić information content (AvgIpc) is 2.56. The summed E-state index contributed by atoms with van der Waals surface area (Å²) in [7, 11) is 0. The summed E-state index contributed by atoms with van der Waals surface area (Å²) in [6.45, 7) is 1.22. The third-order valence-corrected chi connectivity index (χ3v) is 3.72. The van der Waals surface area contributed by atoms with Crippen LogP contribution in [0.15, 0.2) is 17.1 Å². The first-order chi connectivity index (χ1) is 8.86. The van der Waals surface area contributed by atoms with E-state index in [-0.39, 0.29) is 23.5 Å². The topological polar surface area (TPSA) is 108 Å². The molecular weight excluding hydrogens is 272 g/mol. The maximum absolute atomic E-state index is 11.1. The monoisotopic (exact) mass is 288 g/mol. The van der Waals surface area contributed by atoms with Gasteiger partial charge in [-0.25, -0.2) is 0 Å². The zero-order chi connectivity index (χ0) is 14.2. The fourth-order valence-corrected chi connectivity index (χ4v) is 2.36. The van der Waals surface area contributed by atoms with Gasteiger partial charge in [0.05, 0.1) is 13.2 Å². The molecule has 0 radical (unpaired) electrons. The first-order valence-electron chi connectivity index (χ1n) is 5.82. The normalized spacial score (nSPS) is 34.6. The minimum absolute atomic E-state index is 0.163. The highest BCUT2D eigenvalue weighted by molar-refractivity contribution is 7.71. The van der Waals surface area contributed by atoms with Gasteiger partial charge in [0, 0.05) is 12.3 Å². The molecule has 1 aliphatic rings. The molecule has 1 aromatic heterocycles. The smallest absolute Gasteiger partial charge is 0.251 e. The van der Waals surface area contributed by atoms with Crippen molar-refractivity contribution in [1.29, 1.82) is 0 Å². The molecule has 2 heterocycles. The van der Waals surface area contributed by atoms with E-state index in [1.807, 2.05) is 0 Å². The Morgan fingerprint density at radius 3 is 2.84 bits per heavy atom. The quantitative estimate of drug-likeness (QED) is 0.519. The van der Waals surface area contributed by atoms with Crippen LogP contribution < -0.4 is 5.56 Å². The lowest BCUT2D eigenvalue weighted by Gasteiger charge is -2.27. The lowest BCUT2D eigenvalue weighted by Crippen LogP contribution is -2.47. The SMILES string of the molecule is C[C@]1(O)[C@H](Cn2ccc(=O)[nH]c2=S)O[C@H](CO)[C@H]1O. The van der Waals surface area contributed by atoms with Gasteiger partial charge in [0.25, 0.3) is 5.56 Å². The predicted molar refractivity (Wildman–Crippen MR) is 68.3 cm³/mol. The van der Waals surface area contributed by atoms with Gasteiger partial charge in [-0.2, -0.15) is 0 Å². The van der Waals surface area contributed by atoms with E-state index in [0.717, 1.165) is 0 Å².